The second-order valence-electron chi connectivity index (χ2n) is 8.08. The van der Waals surface area contributed by atoms with Crippen LogP contribution >= 0.6 is 22.7 Å². The van der Waals surface area contributed by atoms with Gasteiger partial charge in [-0.3, -0.25) is 0 Å². The molecule has 1 aliphatic rings. The van der Waals surface area contributed by atoms with Gasteiger partial charge in [0.15, 0.2) is 0 Å². The molecule has 0 aliphatic heterocycles. The monoisotopic (exact) mass is 406 g/mol. The van der Waals surface area contributed by atoms with Crippen molar-refractivity contribution in [3.63, 3.8) is 0 Å². The first-order valence-corrected chi connectivity index (χ1v) is 11.8. The minimum absolute atomic E-state index is 1.14. The molecule has 138 valence electrons. The zero-order valence-corrected chi connectivity index (χ0v) is 17.7. The van der Waals surface area contributed by atoms with Crippen LogP contribution in [0.25, 0.3) is 58.2 Å². The summed E-state index contributed by atoms with van der Waals surface area (Å²) in [6.45, 7) is 2.20. The smallest absolute Gasteiger partial charge is 0.0459 e. The van der Waals surface area contributed by atoms with Crippen LogP contribution in [0.5, 0.6) is 0 Å². The van der Waals surface area contributed by atoms with E-state index in [0.29, 0.717) is 0 Å². The Morgan fingerprint density at radius 2 is 1.52 bits per heavy atom. The molecule has 0 amide bonds. The standard InChI is InChI=1S/C27H18S2/c1-15-13-24-25(28-15)14-23(29-24)17-11-12-22-20-8-3-6-16-5-2-7-19(26(16)20)21-10-4-9-18(17)27(21)22/h3-4,6-14H,2,5H2,1H3. The summed E-state index contributed by atoms with van der Waals surface area (Å²) >= 11 is 3.83. The summed E-state index contributed by atoms with van der Waals surface area (Å²) in [6.07, 6.45) is 4.75. The van der Waals surface area contributed by atoms with E-state index in [1.165, 1.54) is 67.8 Å². The van der Waals surface area contributed by atoms with E-state index >= 15 is 0 Å². The first kappa shape index (κ1) is 16.2. The summed E-state index contributed by atoms with van der Waals surface area (Å²) in [5, 5.41) is 9.94. The Labute approximate surface area is 176 Å². The van der Waals surface area contributed by atoms with E-state index in [1.54, 1.807) is 0 Å². The highest BCUT2D eigenvalue weighted by atomic mass is 32.1. The molecule has 0 saturated carbocycles. The predicted molar refractivity (Wildman–Crippen MR) is 130 cm³/mol. The molecule has 1 aliphatic carbocycles. The zero-order chi connectivity index (χ0) is 19.1. The van der Waals surface area contributed by atoms with E-state index in [-0.39, 0.29) is 0 Å². The quantitative estimate of drug-likeness (QED) is 0.193. The Bertz CT molecular complexity index is 1630. The van der Waals surface area contributed by atoms with Crippen LogP contribution in [0.15, 0.2) is 60.7 Å². The van der Waals surface area contributed by atoms with Gasteiger partial charge < -0.3 is 0 Å². The average Bonchev–Trinajstić information content (AvgIpc) is 3.29. The molecule has 29 heavy (non-hydrogen) atoms. The Kier molecular flexibility index (Phi) is 3.17. The first-order chi connectivity index (χ1) is 14.3. The highest BCUT2D eigenvalue weighted by molar-refractivity contribution is 7.29. The third-order valence-corrected chi connectivity index (χ3v) is 8.64. The molecule has 0 atom stereocenters. The van der Waals surface area contributed by atoms with Gasteiger partial charge in [0, 0.05) is 19.2 Å². The van der Waals surface area contributed by atoms with E-state index in [4.69, 9.17) is 0 Å². The van der Waals surface area contributed by atoms with Crippen molar-refractivity contribution < 1.29 is 0 Å². The fourth-order valence-electron chi connectivity index (χ4n) is 5.23. The summed E-state index contributed by atoms with van der Waals surface area (Å²) < 4.78 is 2.82. The van der Waals surface area contributed by atoms with Gasteiger partial charge in [0.2, 0.25) is 0 Å². The van der Waals surface area contributed by atoms with Crippen molar-refractivity contribution in [2.75, 3.05) is 0 Å². The third-order valence-electron chi connectivity index (χ3n) is 6.40. The molecular formula is C27H18S2. The predicted octanol–water partition coefficient (Wildman–Crippen LogP) is 7.84. The minimum atomic E-state index is 1.14. The van der Waals surface area contributed by atoms with Gasteiger partial charge in [0.1, 0.15) is 0 Å². The molecule has 0 saturated heterocycles. The van der Waals surface area contributed by atoms with Crippen LogP contribution in [-0.4, -0.2) is 0 Å². The van der Waals surface area contributed by atoms with Gasteiger partial charge in [-0.15, -0.1) is 22.7 Å². The molecule has 0 bridgehead atoms. The molecular weight excluding hydrogens is 388 g/mol. The fraction of sp³-hybridized carbons (Fsp3) is 0.111. The van der Waals surface area contributed by atoms with Crippen molar-refractivity contribution in [1.82, 2.24) is 0 Å². The summed E-state index contributed by atoms with van der Waals surface area (Å²) in [5.41, 5.74) is 2.87. The lowest BCUT2D eigenvalue weighted by Gasteiger charge is -2.18. The van der Waals surface area contributed by atoms with Crippen LogP contribution in [0.1, 0.15) is 16.9 Å². The molecule has 0 spiro atoms. The van der Waals surface area contributed by atoms with Crippen LogP contribution in [0, 0.1) is 6.92 Å². The topological polar surface area (TPSA) is 0 Å². The normalized spacial score (nSPS) is 13.7. The number of rotatable bonds is 1. The Balaban J connectivity index is 1.66. The van der Waals surface area contributed by atoms with Crippen molar-refractivity contribution in [2.24, 2.45) is 0 Å². The van der Waals surface area contributed by atoms with Gasteiger partial charge in [-0.25, -0.2) is 0 Å². The SMILES string of the molecule is Cc1cc2sc(-c3ccc4c5cccc6c5c(c5cccc3c54)=CCC6)cc2s1. The van der Waals surface area contributed by atoms with Gasteiger partial charge in [-0.2, -0.15) is 0 Å². The van der Waals surface area contributed by atoms with Gasteiger partial charge in [-0.05, 0) is 80.6 Å². The van der Waals surface area contributed by atoms with Gasteiger partial charge in [-0.1, -0.05) is 54.6 Å². The highest BCUT2D eigenvalue weighted by Gasteiger charge is 2.17. The molecule has 0 N–H and O–H groups in total. The van der Waals surface area contributed by atoms with Crippen LogP contribution in [0.3, 0.4) is 0 Å². The van der Waals surface area contributed by atoms with Gasteiger partial charge >= 0.3 is 0 Å². The maximum Gasteiger partial charge on any atom is 0.0459 e. The van der Waals surface area contributed by atoms with Gasteiger partial charge in [0.05, 0.1) is 0 Å². The number of aryl methyl sites for hydroxylation is 2. The number of hydrogen-bond acceptors (Lipinski definition) is 2. The molecule has 0 unspecified atom stereocenters. The van der Waals surface area contributed by atoms with E-state index in [2.05, 4.69) is 73.7 Å². The summed E-state index contributed by atoms with van der Waals surface area (Å²) in [4.78, 5) is 2.78. The van der Waals surface area contributed by atoms with E-state index in [9.17, 15) is 0 Å². The number of fused-ring (bicyclic) bond motifs is 3. The molecule has 2 heteroatoms. The Morgan fingerprint density at radius 1 is 0.724 bits per heavy atom. The van der Waals surface area contributed by atoms with Crippen molar-refractivity contribution in [3.05, 3.63) is 76.3 Å². The molecule has 4 aromatic carbocycles. The molecule has 2 aromatic heterocycles. The van der Waals surface area contributed by atoms with Crippen LogP contribution in [0.4, 0.5) is 0 Å². The van der Waals surface area contributed by atoms with Gasteiger partial charge in [0.25, 0.3) is 0 Å². The van der Waals surface area contributed by atoms with Crippen molar-refractivity contribution >= 4 is 70.5 Å². The largest absolute Gasteiger partial charge is 0.140 e. The summed E-state index contributed by atoms with van der Waals surface area (Å²) in [6, 6.07) is 23.2. The van der Waals surface area contributed by atoms with E-state index in [0.717, 1.165) is 12.8 Å². The number of hydrogen-bond donors (Lipinski definition) is 0. The molecule has 2 heterocycles. The average molecular weight is 407 g/mol. The lowest BCUT2D eigenvalue weighted by molar-refractivity contribution is 1.04. The maximum atomic E-state index is 2.46. The molecule has 7 rings (SSSR count). The second-order valence-corrected chi connectivity index (χ2v) is 10.5. The summed E-state index contributed by atoms with van der Waals surface area (Å²) in [5.74, 6) is 0. The third kappa shape index (κ3) is 2.13. The van der Waals surface area contributed by atoms with E-state index in [1.807, 2.05) is 22.7 Å². The minimum Gasteiger partial charge on any atom is -0.140 e. The van der Waals surface area contributed by atoms with E-state index < -0.39 is 0 Å². The Morgan fingerprint density at radius 3 is 2.45 bits per heavy atom. The molecule has 0 nitrogen and oxygen atoms in total. The number of thiophene rings is 2. The molecule has 6 aromatic rings. The Hall–Kier alpha value is -2.68. The molecule has 0 fully saturated rings. The van der Waals surface area contributed by atoms with Crippen molar-refractivity contribution in [3.8, 4) is 10.4 Å². The van der Waals surface area contributed by atoms with Crippen LogP contribution in [-0.2, 0) is 6.42 Å². The zero-order valence-electron chi connectivity index (χ0n) is 16.1. The summed E-state index contributed by atoms with van der Waals surface area (Å²) in [7, 11) is 0. The fourth-order valence-corrected chi connectivity index (χ4v) is 7.59. The molecule has 0 radical (unpaired) electrons. The lowest BCUT2D eigenvalue weighted by atomic mass is 9.86. The van der Waals surface area contributed by atoms with Crippen molar-refractivity contribution in [2.45, 2.75) is 19.8 Å². The van der Waals surface area contributed by atoms with Crippen molar-refractivity contribution in [1.29, 1.82) is 0 Å². The number of benzene rings is 4. The maximum absolute atomic E-state index is 2.46. The lowest BCUT2D eigenvalue weighted by Crippen LogP contribution is -2.12. The van der Waals surface area contributed by atoms with Crippen LogP contribution < -0.4 is 5.22 Å². The second kappa shape index (κ2) is 5.69. The van der Waals surface area contributed by atoms with Crippen LogP contribution in [0.2, 0.25) is 0 Å². The first-order valence-electron chi connectivity index (χ1n) is 10.2. The highest BCUT2D eigenvalue weighted by Crippen LogP contribution is 2.43.